The van der Waals surface area contributed by atoms with Crippen molar-refractivity contribution in [3.63, 3.8) is 0 Å². The quantitative estimate of drug-likeness (QED) is 0.691. The largest absolute Gasteiger partial charge is 0.478 e. The number of methoxy groups -OCH3 is 1. The summed E-state index contributed by atoms with van der Waals surface area (Å²) in [5.41, 5.74) is 0.608. The van der Waals surface area contributed by atoms with Gasteiger partial charge in [0.15, 0.2) is 0 Å². The molecule has 0 aliphatic carbocycles. The summed E-state index contributed by atoms with van der Waals surface area (Å²) < 4.78 is 9.44. The lowest BCUT2D eigenvalue weighted by molar-refractivity contribution is 0.196. The first-order valence-corrected chi connectivity index (χ1v) is 4.09. The molecule has 0 saturated heterocycles. The van der Waals surface area contributed by atoms with Gasteiger partial charge in [-0.3, -0.25) is 0 Å². The van der Waals surface area contributed by atoms with Gasteiger partial charge in [-0.2, -0.15) is 0 Å². The molecule has 0 fully saturated rings. The normalized spacial score (nSPS) is 10.3. The minimum Gasteiger partial charge on any atom is -0.478 e. The van der Waals surface area contributed by atoms with Gasteiger partial charge in [-0.1, -0.05) is 5.16 Å². The molecule has 5 heteroatoms. The van der Waals surface area contributed by atoms with Crippen LogP contribution < -0.4 is 4.90 Å². The van der Waals surface area contributed by atoms with Crippen LogP contribution in [0.4, 0.5) is 5.69 Å². The standard InChI is InChI=1S/C8H14N2O3/c1-10(4-3-5-12-2)7-6-9-13-8(7)11/h6,11H,3-5H2,1-2H3. The van der Waals surface area contributed by atoms with Gasteiger partial charge in [-0.05, 0) is 6.42 Å². The number of rotatable bonds is 5. The predicted octanol–water partition coefficient (Wildman–Crippen LogP) is 0.853. The zero-order valence-electron chi connectivity index (χ0n) is 7.86. The van der Waals surface area contributed by atoms with E-state index in [1.807, 2.05) is 11.9 Å². The number of aromatic nitrogens is 1. The van der Waals surface area contributed by atoms with E-state index in [1.165, 1.54) is 6.20 Å². The van der Waals surface area contributed by atoms with Crippen molar-refractivity contribution in [2.45, 2.75) is 6.42 Å². The lowest BCUT2D eigenvalue weighted by Crippen LogP contribution is -2.19. The van der Waals surface area contributed by atoms with Gasteiger partial charge in [-0.25, -0.2) is 0 Å². The van der Waals surface area contributed by atoms with Crippen molar-refractivity contribution in [1.29, 1.82) is 0 Å². The molecule has 0 saturated carbocycles. The number of hydrogen-bond acceptors (Lipinski definition) is 5. The van der Waals surface area contributed by atoms with Crippen molar-refractivity contribution >= 4 is 5.69 Å². The maximum atomic E-state index is 9.18. The fourth-order valence-electron chi connectivity index (χ4n) is 1.06. The van der Waals surface area contributed by atoms with E-state index in [1.54, 1.807) is 7.11 Å². The van der Waals surface area contributed by atoms with Crippen molar-refractivity contribution in [2.75, 3.05) is 32.2 Å². The summed E-state index contributed by atoms with van der Waals surface area (Å²) in [4.78, 5) is 1.87. The molecule has 0 aliphatic heterocycles. The van der Waals surface area contributed by atoms with E-state index >= 15 is 0 Å². The molecule has 0 amide bonds. The number of hydrogen-bond donors (Lipinski definition) is 1. The van der Waals surface area contributed by atoms with Crippen LogP contribution in [0.15, 0.2) is 10.7 Å². The Bertz CT molecular complexity index is 249. The van der Waals surface area contributed by atoms with Crippen LogP contribution in [0.5, 0.6) is 5.95 Å². The van der Waals surface area contributed by atoms with Crippen molar-refractivity contribution < 1.29 is 14.4 Å². The molecule has 0 atom stereocenters. The van der Waals surface area contributed by atoms with E-state index in [4.69, 9.17) is 4.74 Å². The molecule has 1 rings (SSSR count). The number of nitrogens with zero attached hydrogens (tertiary/aromatic N) is 2. The van der Waals surface area contributed by atoms with E-state index in [0.29, 0.717) is 12.3 Å². The Kier molecular flexibility index (Phi) is 3.57. The second-order valence-electron chi connectivity index (χ2n) is 2.78. The number of ether oxygens (including phenoxy) is 1. The third-order valence-corrected chi connectivity index (χ3v) is 1.79. The smallest absolute Gasteiger partial charge is 0.332 e. The van der Waals surface area contributed by atoms with Crippen LogP contribution in [-0.2, 0) is 4.74 Å². The Balaban J connectivity index is 2.39. The molecule has 13 heavy (non-hydrogen) atoms. The Morgan fingerprint density at radius 1 is 1.69 bits per heavy atom. The van der Waals surface area contributed by atoms with Gasteiger partial charge in [0.25, 0.3) is 0 Å². The summed E-state index contributed by atoms with van der Waals surface area (Å²) >= 11 is 0. The van der Waals surface area contributed by atoms with Gasteiger partial charge >= 0.3 is 5.95 Å². The number of aromatic hydroxyl groups is 1. The zero-order chi connectivity index (χ0) is 9.68. The highest BCUT2D eigenvalue weighted by molar-refractivity contribution is 5.50. The van der Waals surface area contributed by atoms with Gasteiger partial charge < -0.3 is 19.3 Å². The summed E-state index contributed by atoms with van der Waals surface area (Å²) in [7, 11) is 3.53. The molecule has 0 aliphatic rings. The van der Waals surface area contributed by atoms with E-state index in [0.717, 1.165) is 13.0 Å². The minimum atomic E-state index is -0.139. The summed E-state index contributed by atoms with van der Waals surface area (Å²) in [6.07, 6.45) is 2.39. The van der Waals surface area contributed by atoms with Crippen LogP contribution in [0.25, 0.3) is 0 Å². The first-order valence-electron chi connectivity index (χ1n) is 4.09. The van der Waals surface area contributed by atoms with Crippen molar-refractivity contribution in [3.8, 4) is 5.95 Å². The summed E-state index contributed by atoms with van der Waals surface area (Å²) in [5, 5.41) is 12.6. The monoisotopic (exact) mass is 186 g/mol. The van der Waals surface area contributed by atoms with Crippen LogP contribution in [0, 0.1) is 0 Å². The third-order valence-electron chi connectivity index (χ3n) is 1.79. The maximum Gasteiger partial charge on any atom is 0.332 e. The summed E-state index contributed by atoms with van der Waals surface area (Å²) in [5.74, 6) is -0.139. The molecule has 0 radical (unpaired) electrons. The molecule has 0 aromatic carbocycles. The molecule has 1 N–H and O–H groups in total. The highest BCUT2D eigenvalue weighted by atomic mass is 16.5. The van der Waals surface area contributed by atoms with Crippen molar-refractivity contribution in [1.82, 2.24) is 5.16 Å². The van der Waals surface area contributed by atoms with Gasteiger partial charge in [0.1, 0.15) is 5.69 Å². The Labute approximate surface area is 76.9 Å². The molecule has 5 nitrogen and oxygen atoms in total. The minimum absolute atomic E-state index is 0.139. The van der Waals surface area contributed by atoms with E-state index < -0.39 is 0 Å². The Morgan fingerprint density at radius 2 is 2.46 bits per heavy atom. The number of anilines is 1. The van der Waals surface area contributed by atoms with Crippen LogP contribution in [0.3, 0.4) is 0 Å². The van der Waals surface area contributed by atoms with Crippen LogP contribution in [0.1, 0.15) is 6.42 Å². The molecule has 0 bridgehead atoms. The van der Waals surface area contributed by atoms with Crippen molar-refractivity contribution in [2.24, 2.45) is 0 Å². The Morgan fingerprint density at radius 3 is 3.00 bits per heavy atom. The maximum absolute atomic E-state index is 9.18. The van der Waals surface area contributed by atoms with E-state index in [2.05, 4.69) is 9.68 Å². The first-order chi connectivity index (χ1) is 6.25. The highest BCUT2D eigenvalue weighted by Gasteiger charge is 2.09. The SMILES string of the molecule is COCCCN(C)c1cnoc1O. The topological polar surface area (TPSA) is 58.7 Å². The molecule has 74 valence electrons. The summed E-state index contributed by atoms with van der Waals surface area (Å²) in [6, 6.07) is 0. The predicted molar refractivity (Wildman–Crippen MR) is 47.9 cm³/mol. The fraction of sp³-hybridized carbons (Fsp3) is 0.625. The molecule has 1 aromatic heterocycles. The van der Waals surface area contributed by atoms with Crippen molar-refractivity contribution in [3.05, 3.63) is 6.20 Å². The third kappa shape index (κ3) is 2.62. The van der Waals surface area contributed by atoms with Gasteiger partial charge in [0, 0.05) is 27.3 Å². The van der Waals surface area contributed by atoms with Crippen LogP contribution >= 0.6 is 0 Å². The molecule has 1 heterocycles. The lowest BCUT2D eigenvalue weighted by Gasteiger charge is -2.15. The molecule has 0 unspecified atom stereocenters. The molecule has 1 aromatic rings. The van der Waals surface area contributed by atoms with Gasteiger partial charge in [-0.15, -0.1) is 0 Å². The Hall–Kier alpha value is -1.23. The second kappa shape index (κ2) is 4.71. The van der Waals surface area contributed by atoms with Crippen LogP contribution in [0.2, 0.25) is 0 Å². The molecule has 0 spiro atoms. The summed E-state index contributed by atoms with van der Waals surface area (Å²) in [6.45, 7) is 1.50. The van der Waals surface area contributed by atoms with E-state index in [9.17, 15) is 5.11 Å². The molecular weight excluding hydrogens is 172 g/mol. The fourth-order valence-corrected chi connectivity index (χ4v) is 1.06. The van der Waals surface area contributed by atoms with Gasteiger partial charge in [0.2, 0.25) is 0 Å². The van der Waals surface area contributed by atoms with E-state index in [-0.39, 0.29) is 5.95 Å². The van der Waals surface area contributed by atoms with Crippen LogP contribution in [-0.4, -0.2) is 37.6 Å². The highest BCUT2D eigenvalue weighted by Crippen LogP contribution is 2.24. The molecular formula is C8H14N2O3. The second-order valence-corrected chi connectivity index (χ2v) is 2.78. The first kappa shape index (κ1) is 9.85. The zero-order valence-corrected chi connectivity index (χ0v) is 7.86. The average Bonchev–Trinajstić information content (AvgIpc) is 2.52. The van der Waals surface area contributed by atoms with Gasteiger partial charge in [0.05, 0.1) is 6.20 Å². The lowest BCUT2D eigenvalue weighted by atomic mass is 10.4. The average molecular weight is 186 g/mol.